The Labute approximate surface area is 195 Å². The van der Waals surface area contributed by atoms with Gasteiger partial charge in [0.1, 0.15) is 11.5 Å². The third kappa shape index (κ3) is 4.45. The van der Waals surface area contributed by atoms with Crippen LogP contribution >= 0.6 is 0 Å². The number of rotatable bonds is 6. The Morgan fingerprint density at radius 2 is 0.765 bits per heavy atom. The second-order valence-corrected chi connectivity index (χ2v) is 7.95. The van der Waals surface area contributed by atoms with E-state index in [-0.39, 0.29) is 28.8 Å². The van der Waals surface area contributed by atoms with Gasteiger partial charge in [-0.25, -0.2) is 0 Å². The average Bonchev–Trinajstić information content (AvgIpc) is 2.81. The molecule has 0 amide bonds. The first kappa shape index (κ1) is 22.5. The number of carbonyl (C=O) groups excluding carboxylic acids is 1. The van der Waals surface area contributed by atoms with Gasteiger partial charge in [-0.1, -0.05) is 36.4 Å². The topological polar surface area (TPSA) is 138 Å². The van der Waals surface area contributed by atoms with Gasteiger partial charge in [-0.05, 0) is 70.8 Å². The van der Waals surface area contributed by atoms with Gasteiger partial charge in [-0.3, -0.25) is 4.79 Å². The molecule has 0 spiro atoms. The monoisotopic (exact) mass is 458 g/mol. The van der Waals surface area contributed by atoms with Crippen LogP contribution in [0.5, 0.6) is 34.5 Å². The van der Waals surface area contributed by atoms with Crippen LogP contribution in [-0.4, -0.2) is 36.4 Å². The molecule has 0 aliphatic heterocycles. The molecule has 4 rings (SSSR count). The summed E-state index contributed by atoms with van der Waals surface area (Å²) < 4.78 is 0. The van der Waals surface area contributed by atoms with Crippen molar-refractivity contribution in [1.29, 1.82) is 0 Å². The number of aromatic hydroxyl groups is 6. The van der Waals surface area contributed by atoms with Gasteiger partial charge in [-0.15, -0.1) is 0 Å². The molecule has 34 heavy (non-hydrogen) atoms. The maximum atomic E-state index is 14.2. The van der Waals surface area contributed by atoms with Gasteiger partial charge in [0.2, 0.25) is 0 Å². The molecule has 2 atom stereocenters. The van der Waals surface area contributed by atoms with Crippen molar-refractivity contribution in [3.8, 4) is 34.5 Å². The van der Waals surface area contributed by atoms with Crippen molar-refractivity contribution in [2.45, 2.75) is 11.8 Å². The minimum Gasteiger partial charge on any atom is -0.508 e. The molecule has 172 valence electrons. The third-order valence-electron chi connectivity index (χ3n) is 5.69. The number of hydrogen-bond donors (Lipinski definition) is 6. The molecule has 4 aromatic carbocycles. The molecule has 7 nitrogen and oxygen atoms in total. The zero-order chi connectivity index (χ0) is 24.4. The average molecular weight is 458 g/mol. The first-order valence-corrected chi connectivity index (χ1v) is 10.4. The second-order valence-electron chi connectivity index (χ2n) is 7.95. The molecule has 0 bridgehead atoms. The standard InChI is InChI=1S/C27H22O7/c28-19-7-1-15(2-8-19)25(17-5-11-21(30)23(32)13-17)27(34)26(16-3-9-20(29)10-4-16)18-6-12-22(31)24(33)14-18/h1-14,25-26,28-33H. The first-order chi connectivity index (χ1) is 16.2. The van der Waals surface area contributed by atoms with E-state index in [0.29, 0.717) is 22.3 Å². The van der Waals surface area contributed by atoms with Crippen LogP contribution in [0.4, 0.5) is 0 Å². The first-order valence-electron chi connectivity index (χ1n) is 10.4. The number of carbonyl (C=O) groups is 1. The van der Waals surface area contributed by atoms with E-state index in [1.807, 2.05) is 0 Å². The lowest BCUT2D eigenvalue weighted by Gasteiger charge is -2.25. The normalized spacial score (nSPS) is 12.7. The SMILES string of the molecule is O=C(C(c1ccc(O)cc1)c1ccc(O)c(O)c1)C(c1ccc(O)cc1)c1ccc(O)c(O)c1. The van der Waals surface area contributed by atoms with Crippen LogP contribution in [0, 0.1) is 0 Å². The highest BCUT2D eigenvalue weighted by Crippen LogP contribution is 2.40. The molecule has 0 aromatic heterocycles. The van der Waals surface area contributed by atoms with Gasteiger partial charge in [0.25, 0.3) is 0 Å². The molecule has 0 saturated heterocycles. The smallest absolute Gasteiger partial charge is 0.157 e. The third-order valence-corrected chi connectivity index (χ3v) is 5.69. The number of phenols is 6. The van der Waals surface area contributed by atoms with Crippen molar-refractivity contribution in [1.82, 2.24) is 0 Å². The number of hydrogen-bond acceptors (Lipinski definition) is 7. The molecular weight excluding hydrogens is 436 g/mol. The molecule has 2 unspecified atom stereocenters. The van der Waals surface area contributed by atoms with E-state index in [2.05, 4.69) is 0 Å². The van der Waals surface area contributed by atoms with Crippen molar-refractivity contribution in [2.24, 2.45) is 0 Å². The Balaban J connectivity index is 1.91. The van der Waals surface area contributed by atoms with E-state index in [9.17, 15) is 35.4 Å². The predicted octanol–water partition coefficient (Wildman–Crippen LogP) is 4.45. The van der Waals surface area contributed by atoms with Gasteiger partial charge in [0, 0.05) is 0 Å². The minimum absolute atomic E-state index is 0.0158. The van der Waals surface area contributed by atoms with Crippen molar-refractivity contribution >= 4 is 5.78 Å². The van der Waals surface area contributed by atoms with Crippen LogP contribution in [0.1, 0.15) is 34.1 Å². The highest BCUT2D eigenvalue weighted by atomic mass is 16.3. The molecule has 0 saturated carbocycles. The van der Waals surface area contributed by atoms with E-state index in [4.69, 9.17) is 0 Å². The highest BCUT2D eigenvalue weighted by molar-refractivity contribution is 5.97. The van der Waals surface area contributed by atoms with Gasteiger partial charge in [-0.2, -0.15) is 0 Å². The van der Waals surface area contributed by atoms with E-state index in [1.54, 1.807) is 24.3 Å². The van der Waals surface area contributed by atoms with Crippen molar-refractivity contribution < 1.29 is 35.4 Å². The fraction of sp³-hybridized carbons (Fsp3) is 0.0741. The summed E-state index contributed by atoms with van der Waals surface area (Å²) in [4.78, 5) is 14.2. The predicted molar refractivity (Wildman–Crippen MR) is 124 cm³/mol. The van der Waals surface area contributed by atoms with Crippen LogP contribution in [0.15, 0.2) is 84.9 Å². The summed E-state index contributed by atoms with van der Waals surface area (Å²) in [5.74, 6) is -3.62. The maximum Gasteiger partial charge on any atom is 0.157 e. The lowest BCUT2D eigenvalue weighted by atomic mass is 9.77. The molecule has 6 N–H and O–H groups in total. The van der Waals surface area contributed by atoms with Crippen LogP contribution in [-0.2, 0) is 4.79 Å². The van der Waals surface area contributed by atoms with Crippen molar-refractivity contribution in [2.75, 3.05) is 0 Å². The minimum atomic E-state index is -0.929. The number of phenolic OH excluding ortho intramolecular Hbond substituents is 6. The Bertz CT molecular complexity index is 1230. The summed E-state index contributed by atoms with van der Waals surface area (Å²) in [6, 6.07) is 20.3. The summed E-state index contributed by atoms with van der Waals surface area (Å²) in [6.07, 6.45) is 0. The summed E-state index contributed by atoms with van der Waals surface area (Å²) in [7, 11) is 0. The van der Waals surface area contributed by atoms with Gasteiger partial charge in [0.15, 0.2) is 28.8 Å². The van der Waals surface area contributed by atoms with Crippen LogP contribution in [0.2, 0.25) is 0 Å². The largest absolute Gasteiger partial charge is 0.508 e. The highest BCUT2D eigenvalue weighted by Gasteiger charge is 2.33. The van der Waals surface area contributed by atoms with E-state index < -0.39 is 23.3 Å². The zero-order valence-electron chi connectivity index (χ0n) is 17.8. The van der Waals surface area contributed by atoms with E-state index >= 15 is 0 Å². The molecule has 0 radical (unpaired) electrons. The summed E-state index contributed by atoms with van der Waals surface area (Å²) in [6.45, 7) is 0. The van der Waals surface area contributed by atoms with Gasteiger partial charge >= 0.3 is 0 Å². The van der Waals surface area contributed by atoms with Crippen molar-refractivity contribution in [3.63, 3.8) is 0 Å². The molecular formula is C27H22O7. The zero-order valence-corrected chi connectivity index (χ0v) is 17.8. The quantitative estimate of drug-likeness (QED) is 0.235. The molecule has 4 aromatic rings. The second kappa shape index (κ2) is 9.07. The lowest BCUT2D eigenvalue weighted by molar-refractivity contribution is -0.120. The van der Waals surface area contributed by atoms with Crippen molar-refractivity contribution in [3.05, 3.63) is 107 Å². The Kier molecular flexibility index (Phi) is 6.01. The summed E-state index contributed by atoms with van der Waals surface area (Å²) >= 11 is 0. The van der Waals surface area contributed by atoms with Gasteiger partial charge < -0.3 is 30.6 Å². The number of ketones is 1. The summed E-state index contributed by atoms with van der Waals surface area (Å²) in [5, 5.41) is 59.2. The fourth-order valence-electron chi connectivity index (χ4n) is 3.98. The van der Waals surface area contributed by atoms with E-state index in [0.717, 1.165) is 0 Å². The fourth-order valence-corrected chi connectivity index (χ4v) is 3.98. The number of benzene rings is 4. The Hall–Kier alpha value is -4.65. The maximum absolute atomic E-state index is 14.2. The molecule has 0 aliphatic carbocycles. The lowest BCUT2D eigenvalue weighted by Crippen LogP contribution is -2.23. The molecule has 0 fully saturated rings. The molecule has 0 heterocycles. The van der Waals surface area contributed by atoms with Crippen LogP contribution in [0.25, 0.3) is 0 Å². The van der Waals surface area contributed by atoms with Crippen LogP contribution in [0.3, 0.4) is 0 Å². The molecule has 0 aliphatic rings. The summed E-state index contributed by atoms with van der Waals surface area (Å²) in [5.41, 5.74) is 1.86. The Morgan fingerprint density at radius 1 is 0.441 bits per heavy atom. The van der Waals surface area contributed by atoms with Crippen LogP contribution < -0.4 is 0 Å². The number of Topliss-reactive ketones (excluding diaryl/α,β-unsaturated/α-hetero) is 1. The van der Waals surface area contributed by atoms with Gasteiger partial charge in [0.05, 0.1) is 11.8 Å². The Morgan fingerprint density at radius 3 is 1.09 bits per heavy atom. The molecule has 7 heteroatoms. The van der Waals surface area contributed by atoms with E-state index in [1.165, 1.54) is 60.7 Å².